The smallest absolute Gasteiger partial charge is 0.00925 e. The summed E-state index contributed by atoms with van der Waals surface area (Å²) in [5.74, 6) is 0.911. The van der Waals surface area contributed by atoms with Crippen LogP contribution in [0.25, 0.3) is 0 Å². The lowest BCUT2D eigenvalue weighted by atomic mass is 9.90. The zero-order chi connectivity index (χ0) is 7.40. The van der Waals surface area contributed by atoms with Gasteiger partial charge in [0, 0.05) is 6.04 Å². The first-order valence-corrected chi connectivity index (χ1v) is 4.58. The summed E-state index contributed by atoms with van der Waals surface area (Å²) >= 11 is 0. The van der Waals surface area contributed by atoms with E-state index in [0.29, 0.717) is 0 Å². The minimum absolute atomic E-state index is 0.818. The van der Waals surface area contributed by atoms with Crippen molar-refractivity contribution in [3.8, 4) is 0 Å². The zero-order valence-electron chi connectivity index (χ0n) is 7.19. The fourth-order valence-electron chi connectivity index (χ4n) is 1.81. The van der Waals surface area contributed by atoms with Crippen LogP contribution in [-0.4, -0.2) is 12.6 Å². The molecule has 1 saturated heterocycles. The first kappa shape index (κ1) is 8.06. The van der Waals surface area contributed by atoms with Gasteiger partial charge in [0.05, 0.1) is 0 Å². The van der Waals surface area contributed by atoms with Gasteiger partial charge in [-0.2, -0.15) is 0 Å². The van der Waals surface area contributed by atoms with E-state index < -0.39 is 0 Å². The minimum atomic E-state index is 0.818. The fourth-order valence-corrected chi connectivity index (χ4v) is 1.81. The van der Waals surface area contributed by atoms with E-state index in [1.807, 2.05) is 0 Å². The maximum atomic E-state index is 3.57. The van der Waals surface area contributed by atoms with Gasteiger partial charge < -0.3 is 5.32 Å². The third-order valence-corrected chi connectivity index (χ3v) is 2.53. The van der Waals surface area contributed by atoms with Crippen molar-refractivity contribution in [2.24, 2.45) is 5.92 Å². The standard InChI is InChI=1S/C9H19N/c1-3-5-9-8(2)6-4-7-10-9/h8-10H,3-7H2,1-2H3/t8-,9+/m0/s1. The molecule has 1 aliphatic rings. The van der Waals surface area contributed by atoms with E-state index in [9.17, 15) is 0 Å². The lowest BCUT2D eigenvalue weighted by Gasteiger charge is -2.29. The molecular formula is C9H19N. The van der Waals surface area contributed by atoms with Crippen molar-refractivity contribution in [1.82, 2.24) is 5.32 Å². The lowest BCUT2D eigenvalue weighted by molar-refractivity contribution is 0.285. The summed E-state index contributed by atoms with van der Waals surface area (Å²) in [6.07, 6.45) is 5.49. The molecule has 0 saturated carbocycles. The average molecular weight is 141 g/mol. The second-order valence-corrected chi connectivity index (χ2v) is 3.47. The van der Waals surface area contributed by atoms with Crippen molar-refractivity contribution in [2.75, 3.05) is 6.54 Å². The Labute approximate surface area is 64.2 Å². The Morgan fingerprint density at radius 2 is 2.30 bits per heavy atom. The summed E-state index contributed by atoms with van der Waals surface area (Å²) in [4.78, 5) is 0. The molecule has 0 radical (unpaired) electrons. The number of rotatable bonds is 2. The van der Waals surface area contributed by atoms with E-state index in [1.165, 1.54) is 32.2 Å². The van der Waals surface area contributed by atoms with Gasteiger partial charge in [-0.15, -0.1) is 0 Å². The van der Waals surface area contributed by atoms with Crippen LogP contribution < -0.4 is 5.32 Å². The minimum Gasteiger partial charge on any atom is -0.314 e. The van der Waals surface area contributed by atoms with Crippen LogP contribution in [0.15, 0.2) is 0 Å². The van der Waals surface area contributed by atoms with Gasteiger partial charge in [-0.05, 0) is 31.7 Å². The number of piperidine rings is 1. The normalized spacial score (nSPS) is 34.2. The fraction of sp³-hybridized carbons (Fsp3) is 1.00. The van der Waals surface area contributed by atoms with Crippen molar-refractivity contribution in [2.45, 2.75) is 45.6 Å². The van der Waals surface area contributed by atoms with Gasteiger partial charge in [0.25, 0.3) is 0 Å². The van der Waals surface area contributed by atoms with Crippen LogP contribution >= 0.6 is 0 Å². The number of hydrogen-bond donors (Lipinski definition) is 1. The van der Waals surface area contributed by atoms with Crippen LogP contribution in [0.4, 0.5) is 0 Å². The Morgan fingerprint density at radius 3 is 2.90 bits per heavy atom. The van der Waals surface area contributed by atoms with E-state index in [-0.39, 0.29) is 0 Å². The summed E-state index contributed by atoms with van der Waals surface area (Å²) in [6, 6.07) is 0.818. The molecule has 0 aromatic carbocycles. The van der Waals surface area contributed by atoms with Gasteiger partial charge in [-0.25, -0.2) is 0 Å². The quantitative estimate of drug-likeness (QED) is 0.621. The van der Waals surface area contributed by atoms with Crippen LogP contribution in [0.5, 0.6) is 0 Å². The van der Waals surface area contributed by atoms with Crippen LogP contribution in [0, 0.1) is 5.92 Å². The van der Waals surface area contributed by atoms with E-state index in [0.717, 1.165) is 12.0 Å². The molecule has 1 nitrogen and oxygen atoms in total. The van der Waals surface area contributed by atoms with Crippen LogP contribution in [0.3, 0.4) is 0 Å². The van der Waals surface area contributed by atoms with E-state index in [2.05, 4.69) is 19.2 Å². The Kier molecular flexibility index (Phi) is 3.20. The van der Waals surface area contributed by atoms with Crippen LogP contribution in [0.2, 0.25) is 0 Å². The Hall–Kier alpha value is -0.0400. The summed E-state index contributed by atoms with van der Waals surface area (Å²) in [7, 11) is 0. The Morgan fingerprint density at radius 1 is 1.50 bits per heavy atom. The summed E-state index contributed by atoms with van der Waals surface area (Å²) in [5, 5.41) is 3.57. The second-order valence-electron chi connectivity index (χ2n) is 3.47. The molecule has 0 unspecified atom stereocenters. The molecule has 10 heavy (non-hydrogen) atoms. The molecule has 0 aromatic heterocycles. The van der Waals surface area contributed by atoms with E-state index in [1.54, 1.807) is 0 Å². The maximum Gasteiger partial charge on any atom is 0.00925 e. The molecule has 2 atom stereocenters. The third-order valence-electron chi connectivity index (χ3n) is 2.53. The first-order valence-electron chi connectivity index (χ1n) is 4.58. The van der Waals surface area contributed by atoms with Crippen molar-refractivity contribution < 1.29 is 0 Å². The molecule has 0 aliphatic carbocycles. The number of hydrogen-bond acceptors (Lipinski definition) is 1. The van der Waals surface area contributed by atoms with Crippen molar-refractivity contribution in [3.63, 3.8) is 0 Å². The summed E-state index contributed by atoms with van der Waals surface area (Å²) in [6.45, 7) is 5.88. The highest BCUT2D eigenvalue weighted by molar-refractivity contribution is 4.77. The zero-order valence-corrected chi connectivity index (χ0v) is 7.19. The highest BCUT2D eigenvalue weighted by Gasteiger charge is 2.18. The predicted molar refractivity (Wildman–Crippen MR) is 45.1 cm³/mol. The molecule has 1 heteroatoms. The van der Waals surface area contributed by atoms with Crippen LogP contribution in [-0.2, 0) is 0 Å². The molecule has 1 fully saturated rings. The molecule has 1 heterocycles. The maximum absolute atomic E-state index is 3.57. The monoisotopic (exact) mass is 141 g/mol. The summed E-state index contributed by atoms with van der Waals surface area (Å²) in [5.41, 5.74) is 0. The average Bonchev–Trinajstić information content (AvgIpc) is 1.94. The summed E-state index contributed by atoms with van der Waals surface area (Å²) < 4.78 is 0. The van der Waals surface area contributed by atoms with Gasteiger partial charge >= 0.3 is 0 Å². The van der Waals surface area contributed by atoms with E-state index >= 15 is 0 Å². The molecule has 1 rings (SSSR count). The van der Waals surface area contributed by atoms with Gasteiger partial charge in [-0.3, -0.25) is 0 Å². The van der Waals surface area contributed by atoms with Gasteiger partial charge in [0.2, 0.25) is 0 Å². The SMILES string of the molecule is CCC[C@H]1NCCC[C@@H]1C. The van der Waals surface area contributed by atoms with Gasteiger partial charge in [-0.1, -0.05) is 20.3 Å². The Bertz CT molecular complexity index is 88.7. The molecule has 0 spiro atoms. The Balaban J connectivity index is 2.25. The van der Waals surface area contributed by atoms with Crippen LogP contribution in [0.1, 0.15) is 39.5 Å². The van der Waals surface area contributed by atoms with Gasteiger partial charge in [0.1, 0.15) is 0 Å². The largest absolute Gasteiger partial charge is 0.314 e. The molecule has 0 bridgehead atoms. The third kappa shape index (κ3) is 1.98. The first-order chi connectivity index (χ1) is 4.84. The van der Waals surface area contributed by atoms with Gasteiger partial charge in [0.15, 0.2) is 0 Å². The van der Waals surface area contributed by atoms with Crippen molar-refractivity contribution in [3.05, 3.63) is 0 Å². The molecule has 1 N–H and O–H groups in total. The van der Waals surface area contributed by atoms with Crippen molar-refractivity contribution in [1.29, 1.82) is 0 Å². The second kappa shape index (κ2) is 3.97. The highest BCUT2D eigenvalue weighted by atomic mass is 14.9. The van der Waals surface area contributed by atoms with E-state index in [4.69, 9.17) is 0 Å². The highest BCUT2D eigenvalue weighted by Crippen LogP contribution is 2.18. The molecule has 0 amide bonds. The molecule has 1 aliphatic heterocycles. The predicted octanol–water partition coefficient (Wildman–Crippen LogP) is 2.17. The topological polar surface area (TPSA) is 12.0 Å². The lowest BCUT2D eigenvalue weighted by Crippen LogP contribution is -2.39. The molecular weight excluding hydrogens is 122 g/mol. The molecule has 0 aromatic rings. The number of nitrogens with one attached hydrogen (secondary N) is 1. The molecule has 60 valence electrons. The van der Waals surface area contributed by atoms with Crippen molar-refractivity contribution >= 4 is 0 Å².